The van der Waals surface area contributed by atoms with Crippen LogP contribution in [-0.2, 0) is 0 Å². The van der Waals surface area contributed by atoms with Crippen LogP contribution >= 0.6 is 0 Å². The van der Waals surface area contributed by atoms with E-state index in [-0.39, 0.29) is 6.61 Å². The molecule has 0 aromatic heterocycles. The molecule has 0 aliphatic heterocycles. The minimum absolute atomic E-state index is 0.0417. The van der Waals surface area contributed by atoms with Gasteiger partial charge >= 0.3 is 0 Å². The molecule has 3 nitrogen and oxygen atoms in total. The van der Waals surface area contributed by atoms with Crippen LogP contribution in [0.3, 0.4) is 0 Å². The van der Waals surface area contributed by atoms with E-state index >= 15 is 0 Å². The van der Waals surface area contributed by atoms with Crippen molar-refractivity contribution in [2.45, 2.75) is 13.3 Å². The molecule has 0 saturated heterocycles. The van der Waals surface area contributed by atoms with E-state index in [4.69, 9.17) is 5.11 Å². The Bertz CT molecular complexity index is 54.4. The molecule has 0 aromatic rings. The SMILES string of the molecule is CCCN(CC[O-])CC[OH2+]. The molecule has 0 aliphatic rings. The molecular formula is C7H17NO2. The summed E-state index contributed by atoms with van der Waals surface area (Å²) in [5, 5.41) is 17.1. The van der Waals surface area contributed by atoms with Gasteiger partial charge in [0.25, 0.3) is 0 Å². The topological polar surface area (TPSA) is 49.2 Å². The highest BCUT2D eigenvalue weighted by atomic mass is 16.3. The normalized spacial score (nSPS) is 10.8. The van der Waals surface area contributed by atoms with Crippen LogP contribution < -0.4 is 5.11 Å². The Hall–Kier alpha value is -0.120. The molecule has 62 valence electrons. The second-order valence-electron chi connectivity index (χ2n) is 2.30. The molecule has 0 fully saturated rings. The quantitative estimate of drug-likeness (QED) is 0.442. The van der Waals surface area contributed by atoms with Gasteiger partial charge in [-0.2, -0.15) is 0 Å². The molecule has 0 unspecified atom stereocenters. The second-order valence-corrected chi connectivity index (χ2v) is 2.30. The zero-order chi connectivity index (χ0) is 7.82. The van der Waals surface area contributed by atoms with Crippen molar-refractivity contribution in [1.29, 1.82) is 0 Å². The van der Waals surface area contributed by atoms with Crippen molar-refractivity contribution in [2.24, 2.45) is 0 Å². The maximum atomic E-state index is 10.2. The Balaban J connectivity index is 3.30. The van der Waals surface area contributed by atoms with Gasteiger partial charge < -0.3 is 10.2 Å². The minimum Gasteiger partial charge on any atom is -0.854 e. The van der Waals surface area contributed by atoms with E-state index in [0.717, 1.165) is 19.5 Å². The molecular weight excluding hydrogens is 130 g/mol. The van der Waals surface area contributed by atoms with E-state index in [1.807, 2.05) is 4.90 Å². The van der Waals surface area contributed by atoms with E-state index in [0.29, 0.717) is 13.2 Å². The predicted molar refractivity (Wildman–Crippen MR) is 40.1 cm³/mol. The number of hydrogen-bond donors (Lipinski definition) is 0. The van der Waals surface area contributed by atoms with Gasteiger partial charge in [0.1, 0.15) is 0 Å². The van der Waals surface area contributed by atoms with Crippen LogP contribution in [0, 0.1) is 0 Å². The molecule has 10 heavy (non-hydrogen) atoms. The van der Waals surface area contributed by atoms with Gasteiger partial charge in [0.15, 0.2) is 6.61 Å². The predicted octanol–water partition coefficient (Wildman–Crippen LogP) is -1.22. The van der Waals surface area contributed by atoms with Crippen LogP contribution in [0.2, 0.25) is 0 Å². The highest BCUT2D eigenvalue weighted by Crippen LogP contribution is 1.87. The summed E-state index contributed by atoms with van der Waals surface area (Å²) in [6, 6.07) is 0. The first-order chi connectivity index (χ1) is 4.85. The third kappa shape index (κ3) is 4.73. The van der Waals surface area contributed by atoms with E-state index in [9.17, 15) is 5.11 Å². The standard InChI is InChI=1S/C7H16NO2/c1-2-3-8(4-6-9)5-7-10/h9H,2-7H2,1H3/q-1/p+1. The largest absolute Gasteiger partial charge is 0.854 e. The van der Waals surface area contributed by atoms with Gasteiger partial charge in [-0.25, -0.2) is 0 Å². The lowest BCUT2D eigenvalue weighted by Gasteiger charge is -2.20. The minimum atomic E-state index is -0.0417. The van der Waals surface area contributed by atoms with Gasteiger partial charge in [-0.3, -0.25) is 4.90 Å². The Morgan fingerprint density at radius 3 is 2.40 bits per heavy atom. The fourth-order valence-corrected chi connectivity index (χ4v) is 0.939. The summed E-state index contributed by atoms with van der Waals surface area (Å²) < 4.78 is 0. The highest BCUT2D eigenvalue weighted by Gasteiger charge is 1.99. The second kappa shape index (κ2) is 6.99. The van der Waals surface area contributed by atoms with Gasteiger partial charge in [-0.15, -0.1) is 6.61 Å². The van der Waals surface area contributed by atoms with Crippen LogP contribution in [0.4, 0.5) is 0 Å². The van der Waals surface area contributed by atoms with Gasteiger partial charge in [0, 0.05) is 0 Å². The van der Waals surface area contributed by atoms with Crippen LogP contribution in [0.5, 0.6) is 0 Å². The molecule has 3 heteroatoms. The molecule has 0 saturated carbocycles. The van der Waals surface area contributed by atoms with Gasteiger partial charge in [-0.1, -0.05) is 6.92 Å². The average Bonchev–Trinajstić information content (AvgIpc) is 1.90. The van der Waals surface area contributed by atoms with E-state index in [1.165, 1.54) is 0 Å². The van der Waals surface area contributed by atoms with Crippen molar-refractivity contribution < 1.29 is 10.2 Å². The molecule has 0 aliphatic carbocycles. The Morgan fingerprint density at radius 1 is 1.30 bits per heavy atom. The summed E-state index contributed by atoms with van der Waals surface area (Å²) in [5.74, 6) is 0. The summed E-state index contributed by atoms with van der Waals surface area (Å²) in [6.07, 6.45) is 1.07. The molecule has 0 amide bonds. The van der Waals surface area contributed by atoms with E-state index in [1.54, 1.807) is 0 Å². The van der Waals surface area contributed by atoms with E-state index < -0.39 is 0 Å². The Labute approximate surface area is 62.3 Å². The molecule has 0 heterocycles. The summed E-state index contributed by atoms with van der Waals surface area (Å²) in [7, 11) is 0. The van der Waals surface area contributed by atoms with Crippen molar-refractivity contribution >= 4 is 0 Å². The first-order valence-electron chi connectivity index (χ1n) is 3.80. The summed E-state index contributed by atoms with van der Waals surface area (Å²) in [4.78, 5) is 2.04. The summed E-state index contributed by atoms with van der Waals surface area (Å²) >= 11 is 0. The molecule has 0 spiro atoms. The smallest absolute Gasteiger partial charge is 0.156 e. The first-order valence-corrected chi connectivity index (χ1v) is 3.80. The third-order valence-corrected chi connectivity index (χ3v) is 1.38. The van der Waals surface area contributed by atoms with Crippen LogP contribution in [0.1, 0.15) is 13.3 Å². The maximum absolute atomic E-state index is 10.2. The molecule has 0 bridgehead atoms. The first kappa shape index (κ1) is 9.88. The van der Waals surface area contributed by atoms with Crippen molar-refractivity contribution in [3.8, 4) is 0 Å². The lowest BCUT2D eigenvalue weighted by atomic mass is 10.4. The van der Waals surface area contributed by atoms with E-state index in [2.05, 4.69) is 6.92 Å². The number of hydrogen-bond acceptors (Lipinski definition) is 2. The highest BCUT2D eigenvalue weighted by molar-refractivity contribution is 4.53. The Morgan fingerprint density at radius 2 is 2.00 bits per heavy atom. The molecule has 0 atom stereocenters. The van der Waals surface area contributed by atoms with Crippen LogP contribution in [-0.4, -0.2) is 42.9 Å². The molecule has 2 N–H and O–H groups in total. The number of rotatable bonds is 6. The molecule has 0 rings (SSSR count). The van der Waals surface area contributed by atoms with Crippen LogP contribution in [0.15, 0.2) is 0 Å². The fourth-order valence-electron chi connectivity index (χ4n) is 0.939. The van der Waals surface area contributed by atoms with Crippen molar-refractivity contribution in [1.82, 2.24) is 4.90 Å². The average molecular weight is 147 g/mol. The number of nitrogens with zero attached hydrogens (tertiary/aromatic N) is 1. The molecule has 0 aromatic carbocycles. The van der Waals surface area contributed by atoms with Crippen molar-refractivity contribution in [3.05, 3.63) is 0 Å². The third-order valence-electron chi connectivity index (χ3n) is 1.38. The van der Waals surface area contributed by atoms with Crippen LogP contribution in [0.25, 0.3) is 0 Å². The molecule has 0 radical (unpaired) electrons. The lowest BCUT2D eigenvalue weighted by Crippen LogP contribution is -2.33. The van der Waals surface area contributed by atoms with Crippen molar-refractivity contribution in [2.75, 3.05) is 32.8 Å². The zero-order valence-corrected chi connectivity index (χ0v) is 6.60. The Kier molecular flexibility index (Phi) is 6.91. The van der Waals surface area contributed by atoms with Gasteiger partial charge in [0.2, 0.25) is 0 Å². The summed E-state index contributed by atoms with van der Waals surface area (Å²) in [6.45, 7) is 4.76. The monoisotopic (exact) mass is 147 g/mol. The zero-order valence-electron chi connectivity index (χ0n) is 6.60. The van der Waals surface area contributed by atoms with Gasteiger partial charge in [-0.05, 0) is 19.5 Å². The lowest BCUT2D eigenvalue weighted by molar-refractivity contribution is -0.368. The van der Waals surface area contributed by atoms with Crippen molar-refractivity contribution in [3.63, 3.8) is 0 Å². The maximum Gasteiger partial charge on any atom is 0.156 e. The fraction of sp³-hybridized carbons (Fsp3) is 1.00. The summed E-state index contributed by atoms with van der Waals surface area (Å²) in [5.41, 5.74) is 0. The van der Waals surface area contributed by atoms with Gasteiger partial charge in [0.05, 0.1) is 6.54 Å².